The highest BCUT2D eigenvalue weighted by molar-refractivity contribution is 5.71. The molecule has 0 amide bonds. The Kier molecular flexibility index (Phi) is 59.2. The summed E-state index contributed by atoms with van der Waals surface area (Å²) in [4.78, 5) is 38.1. The molecular formula is C66H122O6. The third kappa shape index (κ3) is 58.5. The van der Waals surface area contributed by atoms with E-state index < -0.39 is 6.10 Å². The third-order valence-electron chi connectivity index (χ3n) is 14.3. The molecule has 6 nitrogen and oxygen atoms in total. The number of ether oxygens (including phenoxy) is 3. The van der Waals surface area contributed by atoms with E-state index in [0.717, 1.165) is 103 Å². The molecule has 422 valence electrons. The Morgan fingerprint density at radius 1 is 0.278 bits per heavy atom. The summed E-state index contributed by atoms with van der Waals surface area (Å²) in [6, 6.07) is 0. The zero-order valence-corrected chi connectivity index (χ0v) is 48.5. The lowest BCUT2D eigenvalue weighted by atomic mass is 10.0. The van der Waals surface area contributed by atoms with Gasteiger partial charge in [0.1, 0.15) is 13.2 Å². The third-order valence-corrected chi connectivity index (χ3v) is 14.3. The maximum Gasteiger partial charge on any atom is 0.306 e. The summed E-state index contributed by atoms with van der Waals surface area (Å²) in [5.41, 5.74) is 0. The molecule has 0 rings (SSSR count). The van der Waals surface area contributed by atoms with Crippen LogP contribution in [0, 0.1) is 0 Å². The first-order valence-corrected chi connectivity index (χ1v) is 32.0. The summed E-state index contributed by atoms with van der Waals surface area (Å²) < 4.78 is 16.8. The standard InChI is InChI=1S/C66H122O6/c1-4-7-10-13-16-19-22-24-25-26-27-28-29-30-31-32-33-34-35-36-37-38-39-40-41-43-44-47-50-53-56-59-65(68)71-62-63(61-70-64(67)58-55-52-49-46-21-18-15-12-9-6-3)72-66(69)60-57-54-51-48-45-42-23-20-17-14-11-8-5-2/h11-12,14-15,20,23,63H,4-10,13,16-19,21-22,24-62H2,1-3H3/b14-11-,15-12-,23-20-. The second-order valence-electron chi connectivity index (χ2n) is 21.7. The van der Waals surface area contributed by atoms with Crippen molar-refractivity contribution in [1.29, 1.82) is 0 Å². The Hall–Kier alpha value is -2.37. The van der Waals surface area contributed by atoms with Gasteiger partial charge in [-0.1, -0.05) is 301 Å². The van der Waals surface area contributed by atoms with Gasteiger partial charge in [-0.2, -0.15) is 0 Å². The number of hydrogen-bond donors (Lipinski definition) is 0. The highest BCUT2D eigenvalue weighted by Crippen LogP contribution is 2.18. The quantitative estimate of drug-likeness (QED) is 0.0261. The summed E-state index contributed by atoms with van der Waals surface area (Å²) in [6.07, 6.45) is 74.8. The molecule has 0 N–H and O–H groups in total. The van der Waals surface area contributed by atoms with Crippen molar-refractivity contribution >= 4 is 17.9 Å². The predicted octanol–water partition coefficient (Wildman–Crippen LogP) is 21.6. The fourth-order valence-corrected chi connectivity index (χ4v) is 9.55. The Balaban J connectivity index is 4.02. The van der Waals surface area contributed by atoms with Crippen molar-refractivity contribution in [2.75, 3.05) is 13.2 Å². The first kappa shape index (κ1) is 69.6. The van der Waals surface area contributed by atoms with Crippen LogP contribution in [0.5, 0.6) is 0 Å². The summed E-state index contributed by atoms with van der Waals surface area (Å²) in [6.45, 7) is 6.54. The van der Waals surface area contributed by atoms with Crippen LogP contribution < -0.4 is 0 Å². The molecule has 0 aliphatic heterocycles. The zero-order chi connectivity index (χ0) is 52.2. The number of rotatable bonds is 59. The highest BCUT2D eigenvalue weighted by Gasteiger charge is 2.19. The lowest BCUT2D eigenvalue weighted by Gasteiger charge is -2.18. The molecule has 0 aliphatic rings. The number of unbranched alkanes of at least 4 members (excludes halogenated alkanes) is 42. The summed E-state index contributed by atoms with van der Waals surface area (Å²) >= 11 is 0. The van der Waals surface area contributed by atoms with E-state index in [9.17, 15) is 14.4 Å². The Morgan fingerprint density at radius 3 is 0.847 bits per heavy atom. The van der Waals surface area contributed by atoms with E-state index in [1.165, 1.54) is 205 Å². The van der Waals surface area contributed by atoms with Gasteiger partial charge in [-0.05, 0) is 64.2 Å². The Morgan fingerprint density at radius 2 is 0.528 bits per heavy atom. The number of hydrogen-bond acceptors (Lipinski definition) is 6. The van der Waals surface area contributed by atoms with E-state index in [0.29, 0.717) is 19.3 Å². The van der Waals surface area contributed by atoms with Gasteiger partial charge >= 0.3 is 17.9 Å². The molecule has 0 aliphatic carbocycles. The normalized spacial score (nSPS) is 12.2. The van der Waals surface area contributed by atoms with Crippen molar-refractivity contribution in [1.82, 2.24) is 0 Å². The molecule has 0 aromatic heterocycles. The van der Waals surface area contributed by atoms with Gasteiger partial charge < -0.3 is 14.2 Å². The second-order valence-corrected chi connectivity index (χ2v) is 21.7. The average Bonchev–Trinajstić information content (AvgIpc) is 3.38. The predicted molar refractivity (Wildman–Crippen MR) is 312 cm³/mol. The Labute approximate surface area is 448 Å². The molecule has 6 heteroatoms. The topological polar surface area (TPSA) is 78.9 Å². The van der Waals surface area contributed by atoms with Crippen molar-refractivity contribution in [2.45, 2.75) is 354 Å². The molecule has 0 spiro atoms. The van der Waals surface area contributed by atoms with Crippen molar-refractivity contribution in [3.63, 3.8) is 0 Å². The van der Waals surface area contributed by atoms with Gasteiger partial charge in [-0.3, -0.25) is 14.4 Å². The SMILES string of the molecule is CCC/C=C\C/C=C\CCCCCCCC(=O)OC(COC(=O)CCCCCCC/C=C\CCC)COC(=O)CCCCCCCCCCCCCCCCCCCCCCCCCCCCCCCCC. The molecule has 0 bridgehead atoms. The maximum absolute atomic E-state index is 12.8. The first-order valence-electron chi connectivity index (χ1n) is 32.0. The second kappa shape index (κ2) is 61.2. The molecular weight excluding hydrogens is 889 g/mol. The molecule has 0 fully saturated rings. The molecule has 0 radical (unpaired) electrons. The van der Waals surface area contributed by atoms with Crippen molar-refractivity contribution in [3.8, 4) is 0 Å². The van der Waals surface area contributed by atoms with E-state index in [1.54, 1.807) is 0 Å². The maximum atomic E-state index is 12.8. The van der Waals surface area contributed by atoms with Crippen molar-refractivity contribution < 1.29 is 28.6 Å². The van der Waals surface area contributed by atoms with Crippen LogP contribution in [0.2, 0.25) is 0 Å². The molecule has 0 saturated carbocycles. The number of carbonyl (C=O) groups excluding carboxylic acids is 3. The van der Waals surface area contributed by atoms with Gasteiger partial charge in [0, 0.05) is 19.3 Å². The summed E-state index contributed by atoms with van der Waals surface area (Å²) in [7, 11) is 0. The number of carbonyl (C=O) groups is 3. The van der Waals surface area contributed by atoms with Gasteiger partial charge in [-0.25, -0.2) is 0 Å². The van der Waals surface area contributed by atoms with Crippen LogP contribution in [0.15, 0.2) is 36.5 Å². The van der Waals surface area contributed by atoms with Crippen LogP contribution >= 0.6 is 0 Å². The van der Waals surface area contributed by atoms with Gasteiger partial charge in [0.05, 0.1) is 0 Å². The summed E-state index contributed by atoms with van der Waals surface area (Å²) in [5.74, 6) is -0.887. The van der Waals surface area contributed by atoms with Crippen LogP contribution in [0.3, 0.4) is 0 Å². The van der Waals surface area contributed by atoms with E-state index in [2.05, 4.69) is 57.2 Å². The van der Waals surface area contributed by atoms with Crippen LogP contribution in [-0.4, -0.2) is 37.2 Å². The van der Waals surface area contributed by atoms with Crippen molar-refractivity contribution in [3.05, 3.63) is 36.5 Å². The van der Waals surface area contributed by atoms with Crippen LogP contribution in [-0.2, 0) is 28.6 Å². The smallest absolute Gasteiger partial charge is 0.306 e. The van der Waals surface area contributed by atoms with Crippen LogP contribution in [0.4, 0.5) is 0 Å². The summed E-state index contributed by atoms with van der Waals surface area (Å²) in [5, 5.41) is 0. The van der Waals surface area contributed by atoms with Gasteiger partial charge in [0.2, 0.25) is 0 Å². The van der Waals surface area contributed by atoms with Gasteiger partial charge in [-0.15, -0.1) is 0 Å². The molecule has 1 atom stereocenters. The molecule has 0 saturated heterocycles. The van der Waals surface area contributed by atoms with E-state index in [-0.39, 0.29) is 31.1 Å². The minimum atomic E-state index is -0.780. The molecule has 72 heavy (non-hydrogen) atoms. The van der Waals surface area contributed by atoms with Crippen molar-refractivity contribution in [2.24, 2.45) is 0 Å². The van der Waals surface area contributed by atoms with Gasteiger partial charge in [0.25, 0.3) is 0 Å². The largest absolute Gasteiger partial charge is 0.462 e. The number of allylic oxidation sites excluding steroid dienone is 6. The van der Waals surface area contributed by atoms with E-state index >= 15 is 0 Å². The molecule has 0 aromatic rings. The van der Waals surface area contributed by atoms with E-state index in [4.69, 9.17) is 14.2 Å². The minimum Gasteiger partial charge on any atom is -0.462 e. The van der Waals surface area contributed by atoms with Crippen LogP contribution in [0.1, 0.15) is 348 Å². The lowest BCUT2D eigenvalue weighted by Crippen LogP contribution is -2.30. The van der Waals surface area contributed by atoms with E-state index in [1.807, 2.05) is 0 Å². The lowest BCUT2D eigenvalue weighted by molar-refractivity contribution is -0.167. The average molecular weight is 1010 g/mol. The Bertz CT molecular complexity index is 1210. The molecule has 0 heterocycles. The monoisotopic (exact) mass is 1010 g/mol. The highest BCUT2D eigenvalue weighted by atomic mass is 16.6. The van der Waals surface area contributed by atoms with Gasteiger partial charge in [0.15, 0.2) is 6.10 Å². The molecule has 0 aromatic carbocycles. The zero-order valence-electron chi connectivity index (χ0n) is 48.5. The minimum absolute atomic E-state index is 0.0773. The fraction of sp³-hybridized carbons (Fsp3) is 0.864. The fourth-order valence-electron chi connectivity index (χ4n) is 9.55. The van der Waals surface area contributed by atoms with Crippen LogP contribution in [0.25, 0.3) is 0 Å². The number of esters is 3. The first-order chi connectivity index (χ1) is 35.5. The molecule has 1 unspecified atom stereocenters.